The van der Waals surface area contributed by atoms with Crippen LogP contribution >= 0.6 is 0 Å². The van der Waals surface area contributed by atoms with Crippen LogP contribution in [0.4, 0.5) is 5.69 Å². The first kappa shape index (κ1) is 23.6. The van der Waals surface area contributed by atoms with E-state index >= 15 is 0 Å². The van der Waals surface area contributed by atoms with Crippen molar-refractivity contribution >= 4 is 33.4 Å². The van der Waals surface area contributed by atoms with Gasteiger partial charge in [0.05, 0.1) is 10.5 Å². The van der Waals surface area contributed by atoms with Gasteiger partial charge in [-0.15, -0.1) is 0 Å². The van der Waals surface area contributed by atoms with Crippen molar-refractivity contribution in [1.29, 1.82) is 0 Å². The highest BCUT2D eigenvalue weighted by Gasteiger charge is 2.31. The van der Waals surface area contributed by atoms with Crippen LogP contribution in [-0.4, -0.2) is 49.6 Å². The molecule has 0 aromatic heterocycles. The van der Waals surface area contributed by atoms with E-state index in [0.717, 1.165) is 19.3 Å². The summed E-state index contributed by atoms with van der Waals surface area (Å²) >= 11 is 0. The molecule has 2 aromatic rings. The third-order valence-electron chi connectivity index (χ3n) is 5.25. The van der Waals surface area contributed by atoms with Crippen LogP contribution in [0.1, 0.15) is 53.8 Å². The molecule has 1 heterocycles. The highest BCUT2D eigenvalue weighted by Crippen LogP contribution is 2.24. The second kappa shape index (κ2) is 10.1. The molecule has 1 aliphatic heterocycles. The molecule has 1 atom stereocenters. The number of sulfonamides is 1. The molecule has 1 amide bonds. The van der Waals surface area contributed by atoms with Crippen LogP contribution in [0.5, 0.6) is 0 Å². The van der Waals surface area contributed by atoms with Gasteiger partial charge in [0.1, 0.15) is 0 Å². The zero-order valence-corrected chi connectivity index (χ0v) is 18.9. The molecule has 1 aliphatic rings. The summed E-state index contributed by atoms with van der Waals surface area (Å²) in [6.07, 6.45) is 1.35. The molecule has 0 saturated carbocycles. The lowest BCUT2D eigenvalue weighted by molar-refractivity contribution is -0.123. The van der Waals surface area contributed by atoms with Crippen molar-refractivity contribution in [1.82, 2.24) is 4.31 Å². The molecule has 0 spiro atoms. The summed E-state index contributed by atoms with van der Waals surface area (Å²) in [4.78, 5) is 36.4. The number of ketones is 1. The summed E-state index contributed by atoms with van der Waals surface area (Å²) in [5, 5.41) is 2.61. The molecule has 0 unspecified atom stereocenters. The van der Waals surface area contributed by atoms with E-state index in [0.29, 0.717) is 24.3 Å². The lowest BCUT2D eigenvalue weighted by atomic mass is 10.1. The molecule has 1 saturated heterocycles. The second-order valence-corrected chi connectivity index (χ2v) is 9.54. The van der Waals surface area contributed by atoms with E-state index in [-0.39, 0.29) is 16.2 Å². The first-order chi connectivity index (χ1) is 15.2. The Morgan fingerprint density at radius 3 is 2.22 bits per heavy atom. The molecular weight excluding hydrogens is 432 g/mol. The molecule has 8 nitrogen and oxygen atoms in total. The van der Waals surface area contributed by atoms with Crippen molar-refractivity contribution in [2.45, 2.75) is 44.1 Å². The highest BCUT2D eigenvalue weighted by molar-refractivity contribution is 7.89. The molecule has 1 fully saturated rings. The third-order valence-corrected chi connectivity index (χ3v) is 7.21. The number of carbonyl (C=O) groups is 3. The van der Waals surface area contributed by atoms with Crippen molar-refractivity contribution in [2.24, 2.45) is 0 Å². The maximum atomic E-state index is 13.1. The largest absolute Gasteiger partial charge is 0.449 e. The zero-order valence-electron chi connectivity index (χ0n) is 18.0. The van der Waals surface area contributed by atoms with Gasteiger partial charge in [-0.1, -0.05) is 18.6 Å². The Morgan fingerprint density at radius 1 is 0.969 bits per heavy atom. The second-order valence-electron chi connectivity index (χ2n) is 7.63. The topological polar surface area (TPSA) is 110 Å². The van der Waals surface area contributed by atoms with Crippen molar-refractivity contribution in [3.05, 3.63) is 59.7 Å². The van der Waals surface area contributed by atoms with Gasteiger partial charge in [0, 0.05) is 24.3 Å². The number of ether oxygens (including phenoxy) is 1. The number of anilines is 1. The molecule has 0 bridgehead atoms. The molecule has 32 heavy (non-hydrogen) atoms. The summed E-state index contributed by atoms with van der Waals surface area (Å²) < 4.78 is 32.8. The van der Waals surface area contributed by atoms with E-state index in [1.54, 1.807) is 36.4 Å². The van der Waals surface area contributed by atoms with Crippen molar-refractivity contribution in [2.75, 3.05) is 18.4 Å². The van der Waals surface area contributed by atoms with Crippen LogP contribution in [0.2, 0.25) is 0 Å². The van der Waals surface area contributed by atoms with E-state index in [4.69, 9.17) is 4.74 Å². The minimum absolute atomic E-state index is 0.0941. The lowest BCUT2D eigenvalue weighted by Crippen LogP contribution is -2.36. The van der Waals surface area contributed by atoms with Gasteiger partial charge in [-0.2, -0.15) is 4.31 Å². The van der Waals surface area contributed by atoms with E-state index in [9.17, 15) is 22.8 Å². The van der Waals surface area contributed by atoms with Crippen LogP contribution < -0.4 is 5.32 Å². The fourth-order valence-corrected chi connectivity index (χ4v) is 5.11. The Labute approximate surface area is 187 Å². The molecule has 0 radical (unpaired) electrons. The van der Waals surface area contributed by atoms with Gasteiger partial charge < -0.3 is 10.1 Å². The Morgan fingerprint density at radius 2 is 1.59 bits per heavy atom. The van der Waals surface area contributed by atoms with E-state index in [2.05, 4.69) is 5.32 Å². The van der Waals surface area contributed by atoms with E-state index in [1.807, 2.05) is 0 Å². The molecule has 0 aliphatic carbocycles. The lowest BCUT2D eigenvalue weighted by Gasteiger charge is -2.26. The van der Waals surface area contributed by atoms with Gasteiger partial charge in [0.2, 0.25) is 10.0 Å². The standard InChI is InChI=1S/C23H26N2O6S/c1-16(26)18-10-12-19(13-11-18)24-22(27)17(2)31-23(28)20-8-4-5-9-21(20)32(29,30)25-14-6-3-7-15-25/h4-5,8-13,17H,3,6-7,14-15H2,1-2H3,(H,24,27)/t17-/m1/s1. The monoisotopic (exact) mass is 458 g/mol. The number of nitrogens with zero attached hydrogens (tertiary/aromatic N) is 1. The van der Waals surface area contributed by atoms with E-state index in [1.165, 1.54) is 30.3 Å². The van der Waals surface area contributed by atoms with Crippen molar-refractivity contribution in [3.8, 4) is 0 Å². The maximum absolute atomic E-state index is 13.1. The normalized spacial score (nSPS) is 15.6. The summed E-state index contributed by atoms with van der Waals surface area (Å²) in [5.41, 5.74) is 0.841. The number of hydrogen-bond donors (Lipinski definition) is 1. The molecule has 2 aromatic carbocycles. The predicted molar refractivity (Wildman–Crippen MR) is 119 cm³/mol. The number of carbonyl (C=O) groups excluding carboxylic acids is 3. The van der Waals surface area contributed by atoms with Crippen molar-refractivity contribution < 1.29 is 27.5 Å². The summed E-state index contributed by atoms with van der Waals surface area (Å²) in [6, 6.07) is 12.2. The Balaban J connectivity index is 1.71. The van der Waals surface area contributed by atoms with Gasteiger partial charge in [-0.3, -0.25) is 9.59 Å². The van der Waals surface area contributed by atoms with E-state index < -0.39 is 28.0 Å². The minimum atomic E-state index is -3.85. The third kappa shape index (κ3) is 5.41. The average Bonchev–Trinajstić information content (AvgIpc) is 2.80. The van der Waals surface area contributed by atoms with Crippen LogP contribution in [0.15, 0.2) is 53.4 Å². The molecule has 3 rings (SSSR count). The number of rotatable bonds is 7. The SMILES string of the molecule is CC(=O)c1ccc(NC(=O)[C@@H](C)OC(=O)c2ccccc2S(=O)(=O)N2CCCCC2)cc1. The van der Waals surface area contributed by atoms with Crippen LogP contribution in [0, 0.1) is 0 Å². The highest BCUT2D eigenvalue weighted by atomic mass is 32.2. The first-order valence-electron chi connectivity index (χ1n) is 10.4. The van der Waals surface area contributed by atoms with Crippen LogP contribution in [0.25, 0.3) is 0 Å². The van der Waals surface area contributed by atoms with Gasteiger partial charge in [-0.25, -0.2) is 13.2 Å². The molecule has 170 valence electrons. The quantitative estimate of drug-likeness (QED) is 0.504. The van der Waals surface area contributed by atoms with Crippen LogP contribution in [0.3, 0.4) is 0 Å². The van der Waals surface area contributed by atoms with Gasteiger partial charge in [-0.05, 0) is 63.1 Å². The Kier molecular flexibility index (Phi) is 7.42. The van der Waals surface area contributed by atoms with Crippen molar-refractivity contribution in [3.63, 3.8) is 0 Å². The number of esters is 1. The fraction of sp³-hybridized carbons (Fsp3) is 0.348. The number of amides is 1. The number of Topliss-reactive ketones (excluding diaryl/α,β-unsaturated/α-hetero) is 1. The molecular formula is C23H26N2O6S. The summed E-state index contributed by atoms with van der Waals surface area (Å²) in [7, 11) is -3.85. The summed E-state index contributed by atoms with van der Waals surface area (Å²) in [6.45, 7) is 3.66. The summed E-state index contributed by atoms with van der Waals surface area (Å²) in [5.74, 6) is -1.57. The number of benzene rings is 2. The molecule has 1 N–H and O–H groups in total. The predicted octanol–water partition coefficient (Wildman–Crippen LogP) is 3.25. The fourth-order valence-electron chi connectivity index (χ4n) is 3.41. The minimum Gasteiger partial charge on any atom is -0.449 e. The average molecular weight is 459 g/mol. The Hall–Kier alpha value is -3.04. The van der Waals surface area contributed by atoms with Gasteiger partial charge in [0.25, 0.3) is 5.91 Å². The smallest absolute Gasteiger partial charge is 0.340 e. The maximum Gasteiger partial charge on any atom is 0.340 e. The number of piperidine rings is 1. The Bertz CT molecular complexity index is 1110. The first-order valence-corrected chi connectivity index (χ1v) is 11.9. The van der Waals surface area contributed by atoms with Crippen LogP contribution in [-0.2, 0) is 19.6 Å². The number of nitrogens with one attached hydrogen (secondary N) is 1. The number of hydrogen-bond acceptors (Lipinski definition) is 6. The zero-order chi connectivity index (χ0) is 23.3. The molecule has 9 heteroatoms. The van der Waals surface area contributed by atoms with Gasteiger partial charge >= 0.3 is 5.97 Å². The van der Waals surface area contributed by atoms with Gasteiger partial charge in [0.15, 0.2) is 11.9 Å².